The highest BCUT2D eigenvalue weighted by Gasteiger charge is 2.26. The Morgan fingerprint density at radius 3 is 2.80 bits per heavy atom. The molecule has 0 aromatic heterocycles. The molecule has 1 aliphatic heterocycles. The summed E-state index contributed by atoms with van der Waals surface area (Å²) >= 11 is 2.16. The third-order valence-electron chi connectivity index (χ3n) is 3.84. The van der Waals surface area contributed by atoms with Gasteiger partial charge in [0.25, 0.3) is 0 Å². The maximum absolute atomic E-state index is 5.79. The molecule has 0 radical (unpaired) electrons. The molecule has 3 unspecified atom stereocenters. The van der Waals surface area contributed by atoms with E-state index in [4.69, 9.17) is 5.73 Å². The van der Waals surface area contributed by atoms with Crippen molar-refractivity contribution >= 4 is 11.8 Å². The average Bonchev–Trinajstić information content (AvgIpc) is 2.75. The molecule has 1 saturated heterocycles. The second-order valence-corrected chi connectivity index (χ2v) is 6.34. The molecule has 3 N–H and O–H groups in total. The van der Waals surface area contributed by atoms with Crippen LogP contribution in [0.5, 0.6) is 0 Å². The molecule has 0 aromatic carbocycles. The molecule has 2 fully saturated rings. The van der Waals surface area contributed by atoms with Gasteiger partial charge in [-0.1, -0.05) is 12.8 Å². The molecule has 0 bridgehead atoms. The summed E-state index contributed by atoms with van der Waals surface area (Å²) in [6, 6.07) is 0.720. The zero-order valence-electron chi connectivity index (χ0n) is 9.58. The standard InChI is InChI=1S/C12H24N2S/c13-8-10-4-3-6-12(10)14-9-11-5-1-2-7-15-11/h10-12,14H,1-9,13H2. The predicted octanol–water partition coefficient (Wildman–Crippen LogP) is 1.99. The maximum Gasteiger partial charge on any atom is 0.0172 e. The van der Waals surface area contributed by atoms with E-state index in [2.05, 4.69) is 17.1 Å². The Labute approximate surface area is 97.8 Å². The SMILES string of the molecule is NCC1CCCC1NCC1CCCCS1. The molecule has 2 aliphatic rings. The van der Waals surface area contributed by atoms with E-state index in [1.807, 2.05) is 0 Å². The third-order valence-corrected chi connectivity index (χ3v) is 5.24. The summed E-state index contributed by atoms with van der Waals surface area (Å²) in [5.74, 6) is 2.12. The van der Waals surface area contributed by atoms with Gasteiger partial charge in [-0.3, -0.25) is 0 Å². The van der Waals surface area contributed by atoms with Crippen molar-refractivity contribution in [2.75, 3.05) is 18.8 Å². The van der Waals surface area contributed by atoms with Gasteiger partial charge in [-0.2, -0.15) is 11.8 Å². The fourth-order valence-corrected chi connectivity index (χ4v) is 4.09. The fraction of sp³-hybridized carbons (Fsp3) is 1.00. The summed E-state index contributed by atoms with van der Waals surface area (Å²) in [6.45, 7) is 2.08. The van der Waals surface area contributed by atoms with Crippen molar-refractivity contribution in [1.29, 1.82) is 0 Å². The van der Waals surface area contributed by atoms with Gasteiger partial charge in [0.05, 0.1) is 0 Å². The minimum absolute atomic E-state index is 0.720. The van der Waals surface area contributed by atoms with Crippen LogP contribution >= 0.6 is 11.8 Å². The number of nitrogens with two attached hydrogens (primary N) is 1. The summed E-state index contributed by atoms with van der Waals surface area (Å²) in [5, 5.41) is 4.62. The van der Waals surface area contributed by atoms with Gasteiger partial charge in [-0.15, -0.1) is 0 Å². The number of nitrogens with one attached hydrogen (secondary N) is 1. The first-order chi connectivity index (χ1) is 7.40. The molecular formula is C12H24N2S. The van der Waals surface area contributed by atoms with Crippen molar-refractivity contribution < 1.29 is 0 Å². The number of hydrogen-bond acceptors (Lipinski definition) is 3. The summed E-state index contributed by atoms with van der Waals surface area (Å²) in [7, 11) is 0. The van der Waals surface area contributed by atoms with Gasteiger partial charge in [-0.25, -0.2) is 0 Å². The third kappa shape index (κ3) is 3.36. The quantitative estimate of drug-likeness (QED) is 0.773. The monoisotopic (exact) mass is 228 g/mol. The van der Waals surface area contributed by atoms with Crippen LogP contribution in [0.3, 0.4) is 0 Å². The largest absolute Gasteiger partial charge is 0.330 e. The lowest BCUT2D eigenvalue weighted by Crippen LogP contribution is -2.39. The first-order valence-electron chi connectivity index (χ1n) is 6.45. The lowest BCUT2D eigenvalue weighted by atomic mass is 10.0. The molecule has 2 rings (SSSR count). The van der Waals surface area contributed by atoms with E-state index in [1.165, 1.54) is 50.8 Å². The van der Waals surface area contributed by atoms with Crippen molar-refractivity contribution in [2.45, 2.75) is 49.8 Å². The van der Waals surface area contributed by atoms with Gasteiger partial charge >= 0.3 is 0 Å². The first-order valence-corrected chi connectivity index (χ1v) is 7.50. The molecule has 3 atom stereocenters. The van der Waals surface area contributed by atoms with Crippen LogP contribution in [0.4, 0.5) is 0 Å². The second-order valence-electron chi connectivity index (χ2n) is 4.93. The number of rotatable bonds is 4. The minimum Gasteiger partial charge on any atom is -0.330 e. The molecule has 1 saturated carbocycles. The fourth-order valence-electron chi connectivity index (χ4n) is 2.84. The Balaban J connectivity index is 1.67. The van der Waals surface area contributed by atoms with Gasteiger partial charge < -0.3 is 11.1 Å². The minimum atomic E-state index is 0.720. The van der Waals surface area contributed by atoms with Crippen molar-refractivity contribution in [1.82, 2.24) is 5.32 Å². The highest BCUT2D eigenvalue weighted by molar-refractivity contribution is 7.99. The van der Waals surface area contributed by atoms with Crippen molar-refractivity contribution in [3.05, 3.63) is 0 Å². The van der Waals surface area contributed by atoms with E-state index < -0.39 is 0 Å². The summed E-state index contributed by atoms with van der Waals surface area (Å²) in [4.78, 5) is 0. The summed E-state index contributed by atoms with van der Waals surface area (Å²) in [6.07, 6.45) is 8.33. The number of thioether (sulfide) groups is 1. The zero-order valence-corrected chi connectivity index (χ0v) is 10.4. The maximum atomic E-state index is 5.79. The Morgan fingerprint density at radius 2 is 2.07 bits per heavy atom. The molecular weight excluding hydrogens is 204 g/mol. The lowest BCUT2D eigenvalue weighted by Gasteiger charge is -2.25. The van der Waals surface area contributed by atoms with Gasteiger partial charge in [0.15, 0.2) is 0 Å². The van der Waals surface area contributed by atoms with E-state index >= 15 is 0 Å². The van der Waals surface area contributed by atoms with Gasteiger partial charge in [-0.05, 0) is 43.9 Å². The van der Waals surface area contributed by atoms with E-state index in [0.717, 1.165) is 23.8 Å². The Morgan fingerprint density at radius 1 is 1.13 bits per heavy atom. The summed E-state index contributed by atoms with van der Waals surface area (Å²) in [5.41, 5.74) is 5.79. The molecule has 15 heavy (non-hydrogen) atoms. The molecule has 0 aromatic rings. The van der Waals surface area contributed by atoms with Crippen molar-refractivity contribution in [3.63, 3.8) is 0 Å². The van der Waals surface area contributed by atoms with Crippen LogP contribution in [0.15, 0.2) is 0 Å². The van der Waals surface area contributed by atoms with E-state index in [0.29, 0.717) is 0 Å². The molecule has 0 amide bonds. The van der Waals surface area contributed by atoms with Crippen LogP contribution in [-0.4, -0.2) is 30.1 Å². The van der Waals surface area contributed by atoms with Crippen molar-refractivity contribution in [2.24, 2.45) is 11.7 Å². The van der Waals surface area contributed by atoms with Crippen LogP contribution < -0.4 is 11.1 Å². The highest BCUT2D eigenvalue weighted by Crippen LogP contribution is 2.27. The van der Waals surface area contributed by atoms with Gasteiger partial charge in [0.2, 0.25) is 0 Å². The predicted molar refractivity (Wildman–Crippen MR) is 68.3 cm³/mol. The van der Waals surface area contributed by atoms with Crippen LogP contribution in [0.25, 0.3) is 0 Å². The molecule has 0 spiro atoms. The van der Waals surface area contributed by atoms with E-state index in [-0.39, 0.29) is 0 Å². The average molecular weight is 228 g/mol. The Bertz CT molecular complexity index is 180. The van der Waals surface area contributed by atoms with Gasteiger partial charge in [0.1, 0.15) is 0 Å². The first kappa shape index (κ1) is 11.7. The molecule has 3 heteroatoms. The van der Waals surface area contributed by atoms with Crippen LogP contribution in [0, 0.1) is 5.92 Å². The molecule has 88 valence electrons. The normalized spacial score (nSPS) is 37.0. The van der Waals surface area contributed by atoms with Crippen LogP contribution in [-0.2, 0) is 0 Å². The van der Waals surface area contributed by atoms with E-state index in [9.17, 15) is 0 Å². The highest BCUT2D eigenvalue weighted by atomic mass is 32.2. The lowest BCUT2D eigenvalue weighted by molar-refractivity contribution is 0.403. The van der Waals surface area contributed by atoms with Crippen LogP contribution in [0.1, 0.15) is 38.5 Å². The second kappa shape index (κ2) is 6.12. The molecule has 2 nitrogen and oxygen atoms in total. The van der Waals surface area contributed by atoms with Crippen LogP contribution in [0.2, 0.25) is 0 Å². The molecule has 1 heterocycles. The topological polar surface area (TPSA) is 38.0 Å². The van der Waals surface area contributed by atoms with Crippen molar-refractivity contribution in [3.8, 4) is 0 Å². The zero-order chi connectivity index (χ0) is 10.5. The number of hydrogen-bond donors (Lipinski definition) is 2. The molecule has 1 aliphatic carbocycles. The summed E-state index contributed by atoms with van der Waals surface area (Å²) < 4.78 is 0. The van der Waals surface area contributed by atoms with E-state index in [1.54, 1.807) is 0 Å². The Hall–Kier alpha value is 0.270. The Kier molecular flexibility index (Phi) is 4.79. The van der Waals surface area contributed by atoms with Gasteiger partial charge in [0, 0.05) is 17.8 Å². The smallest absolute Gasteiger partial charge is 0.0172 e.